The highest BCUT2D eigenvalue weighted by molar-refractivity contribution is 7.15. The number of anilines is 1. The summed E-state index contributed by atoms with van der Waals surface area (Å²) < 4.78 is 0. The number of carbonyl (C=O) groups is 3. The lowest BCUT2D eigenvalue weighted by Gasteiger charge is -2.18. The van der Waals surface area contributed by atoms with Crippen molar-refractivity contribution in [3.63, 3.8) is 0 Å². The van der Waals surface area contributed by atoms with Gasteiger partial charge in [-0.3, -0.25) is 24.6 Å². The number of nitrogens with one attached hydrogen (secondary N) is 1. The Labute approximate surface area is 173 Å². The van der Waals surface area contributed by atoms with Crippen LogP contribution in [0.1, 0.15) is 93.9 Å². The van der Waals surface area contributed by atoms with Crippen LogP contribution in [-0.2, 0) is 0 Å². The lowest BCUT2D eigenvalue weighted by molar-refractivity contribution is 0.0652. The number of carbonyl (C=O) groups excluding carboxylic acids is 3. The summed E-state index contributed by atoms with van der Waals surface area (Å²) >= 11 is 1.41. The van der Waals surface area contributed by atoms with E-state index in [-0.39, 0.29) is 17.7 Å². The van der Waals surface area contributed by atoms with E-state index in [1.54, 1.807) is 12.1 Å². The number of hydrogen-bond acceptors (Lipinski definition) is 6. The first kappa shape index (κ1) is 19.7. The first-order valence-electron chi connectivity index (χ1n) is 10.2. The zero-order chi connectivity index (χ0) is 20.4. The van der Waals surface area contributed by atoms with Crippen LogP contribution in [0.2, 0.25) is 0 Å². The van der Waals surface area contributed by atoms with E-state index >= 15 is 0 Å². The predicted octanol–water partition coefficient (Wildman–Crippen LogP) is 4.23. The Balaban J connectivity index is 1.47. The molecular weight excluding hydrogens is 388 g/mol. The fourth-order valence-corrected chi connectivity index (χ4v) is 4.83. The molecule has 1 aliphatic heterocycles. The van der Waals surface area contributed by atoms with E-state index in [2.05, 4.69) is 15.5 Å². The van der Waals surface area contributed by atoms with Crippen molar-refractivity contribution in [1.82, 2.24) is 15.1 Å². The molecule has 0 saturated heterocycles. The zero-order valence-electron chi connectivity index (χ0n) is 16.4. The molecule has 1 aromatic carbocycles. The monoisotopic (exact) mass is 412 g/mol. The van der Waals surface area contributed by atoms with E-state index in [4.69, 9.17) is 0 Å². The summed E-state index contributed by atoms with van der Waals surface area (Å²) in [5, 5.41) is 12.6. The summed E-state index contributed by atoms with van der Waals surface area (Å²) in [5.41, 5.74) is 0.980. The molecule has 4 rings (SSSR count). The quantitative estimate of drug-likeness (QED) is 0.717. The van der Waals surface area contributed by atoms with Crippen LogP contribution >= 0.6 is 11.3 Å². The first-order valence-corrected chi connectivity index (χ1v) is 11.0. The smallest absolute Gasteiger partial charge is 0.261 e. The number of imide groups is 1. The average Bonchev–Trinajstić information content (AvgIpc) is 3.30. The summed E-state index contributed by atoms with van der Waals surface area (Å²) in [5.74, 6) is -0.536. The van der Waals surface area contributed by atoms with Gasteiger partial charge in [-0.25, -0.2) is 0 Å². The van der Waals surface area contributed by atoms with Gasteiger partial charge < -0.3 is 0 Å². The molecule has 0 spiro atoms. The first-order chi connectivity index (χ1) is 14.1. The SMILES string of the molecule is CCCCN1C(=O)c2ccc(C(=O)Nc3nnc(C4CCCCC4)s3)cc2C1=O. The van der Waals surface area contributed by atoms with E-state index in [0.717, 1.165) is 30.7 Å². The molecule has 2 heterocycles. The number of benzene rings is 1. The topological polar surface area (TPSA) is 92.3 Å². The third-order valence-corrected chi connectivity index (χ3v) is 6.58. The molecule has 1 aliphatic carbocycles. The summed E-state index contributed by atoms with van der Waals surface area (Å²) in [6, 6.07) is 4.63. The Hall–Kier alpha value is -2.61. The van der Waals surface area contributed by atoms with E-state index in [0.29, 0.717) is 34.3 Å². The van der Waals surface area contributed by atoms with Gasteiger partial charge in [0.1, 0.15) is 5.01 Å². The normalized spacial score (nSPS) is 16.9. The standard InChI is InChI=1S/C21H24N4O3S/c1-2-3-11-25-19(27)15-10-9-14(12-16(15)20(25)28)17(26)22-21-24-23-18(29-21)13-7-5-4-6-8-13/h9-10,12-13H,2-8,11H2,1H3,(H,22,24,26). The molecule has 1 saturated carbocycles. The van der Waals surface area contributed by atoms with Gasteiger partial charge in [0, 0.05) is 18.0 Å². The van der Waals surface area contributed by atoms with Crippen molar-refractivity contribution < 1.29 is 14.4 Å². The number of unbranched alkanes of at least 4 members (excludes halogenated alkanes) is 1. The maximum atomic E-state index is 12.7. The summed E-state index contributed by atoms with van der Waals surface area (Å²) in [7, 11) is 0. The molecule has 0 bridgehead atoms. The van der Waals surface area contributed by atoms with Crippen LogP contribution in [0.4, 0.5) is 5.13 Å². The van der Waals surface area contributed by atoms with Crippen LogP contribution in [0.5, 0.6) is 0 Å². The van der Waals surface area contributed by atoms with Gasteiger partial charge in [0.2, 0.25) is 5.13 Å². The number of aromatic nitrogens is 2. The van der Waals surface area contributed by atoms with E-state index in [1.807, 2.05) is 6.92 Å². The van der Waals surface area contributed by atoms with Crippen molar-refractivity contribution in [2.45, 2.75) is 57.8 Å². The van der Waals surface area contributed by atoms with Crippen LogP contribution in [0.15, 0.2) is 18.2 Å². The van der Waals surface area contributed by atoms with Crippen LogP contribution in [-0.4, -0.2) is 39.4 Å². The molecule has 0 radical (unpaired) electrons. The summed E-state index contributed by atoms with van der Waals surface area (Å²) in [4.78, 5) is 38.9. The van der Waals surface area contributed by atoms with E-state index in [1.165, 1.54) is 41.6 Å². The van der Waals surface area contributed by atoms with Crippen LogP contribution in [0.3, 0.4) is 0 Å². The Bertz CT molecular complexity index is 949. The lowest BCUT2D eigenvalue weighted by atomic mass is 9.90. The van der Waals surface area contributed by atoms with Crippen molar-refractivity contribution in [1.29, 1.82) is 0 Å². The molecule has 3 amide bonds. The predicted molar refractivity (Wildman–Crippen MR) is 110 cm³/mol. The second kappa shape index (κ2) is 8.41. The second-order valence-corrected chi connectivity index (χ2v) is 8.62. The van der Waals surface area contributed by atoms with Crippen molar-refractivity contribution in [3.05, 3.63) is 39.9 Å². The molecule has 1 N–H and O–H groups in total. The highest BCUT2D eigenvalue weighted by atomic mass is 32.1. The van der Waals surface area contributed by atoms with Gasteiger partial charge in [-0.05, 0) is 37.5 Å². The molecule has 0 unspecified atom stereocenters. The Kier molecular flexibility index (Phi) is 5.71. The summed E-state index contributed by atoms with van der Waals surface area (Å²) in [6.07, 6.45) is 7.60. The molecule has 2 aromatic rings. The van der Waals surface area contributed by atoms with Gasteiger partial charge in [-0.1, -0.05) is 43.9 Å². The highest BCUT2D eigenvalue weighted by Crippen LogP contribution is 2.35. The lowest BCUT2D eigenvalue weighted by Crippen LogP contribution is -2.30. The van der Waals surface area contributed by atoms with Crippen molar-refractivity contribution in [2.24, 2.45) is 0 Å². The fraction of sp³-hybridized carbons (Fsp3) is 0.476. The largest absolute Gasteiger partial charge is 0.296 e. The van der Waals surface area contributed by atoms with Crippen LogP contribution < -0.4 is 5.32 Å². The summed E-state index contributed by atoms with van der Waals surface area (Å²) in [6.45, 7) is 2.41. The molecule has 8 heteroatoms. The van der Waals surface area contributed by atoms with Crippen molar-refractivity contribution in [3.8, 4) is 0 Å². The molecule has 152 valence electrons. The van der Waals surface area contributed by atoms with Crippen LogP contribution in [0, 0.1) is 0 Å². The van der Waals surface area contributed by atoms with Crippen molar-refractivity contribution >= 4 is 34.2 Å². The Morgan fingerprint density at radius 1 is 1.14 bits per heavy atom. The maximum absolute atomic E-state index is 12.7. The minimum absolute atomic E-state index is 0.286. The van der Waals surface area contributed by atoms with Gasteiger partial charge in [-0.2, -0.15) is 0 Å². The molecule has 2 aliphatic rings. The van der Waals surface area contributed by atoms with Gasteiger partial charge in [0.25, 0.3) is 17.7 Å². The number of fused-ring (bicyclic) bond motifs is 1. The van der Waals surface area contributed by atoms with E-state index in [9.17, 15) is 14.4 Å². The average molecular weight is 413 g/mol. The zero-order valence-corrected chi connectivity index (χ0v) is 17.3. The molecule has 1 aromatic heterocycles. The van der Waals surface area contributed by atoms with Gasteiger partial charge in [0.15, 0.2) is 0 Å². The number of rotatable bonds is 6. The molecule has 7 nitrogen and oxygen atoms in total. The highest BCUT2D eigenvalue weighted by Gasteiger charge is 2.35. The maximum Gasteiger partial charge on any atom is 0.261 e. The molecule has 29 heavy (non-hydrogen) atoms. The fourth-order valence-electron chi connectivity index (χ4n) is 3.92. The third kappa shape index (κ3) is 3.94. The van der Waals surface area contributed by atoms with Gasteiger partial charge in [0.05, 0.1) is 11.1 Å². The Morgan fingerprint density at radius 3 is 2.66 bits per heavy atom. The number of amides is 3. The minimum atomic E-state index is -0.355. The molecule has 0 atom stereocenters. The van der Waals surface area contributed by atoms with Gasteiger partial charge >= 0.3 is 0 Å². The van der Waals surface area contributed by atoms with E-state index < -0.39 is 0 Å². The molecular formula is C21H24N4O3S. The number of nitrogens with zero attached hydrogens (tertiary/aromatic N) is 3. The minimum Gasteiger partial charge on any atom is -0.296 e. The molecule has 1 fully saturated rings. The second-order valence-electron chi connectivity index (χ2n) is 7.61. The van der Waals surface area contributed by atoms with Crippen LogP contribution in [0.25, 0.3) is 0 Å². The number of hydrogen-bond donors (Lipinski definition) is 1. The Morgan fingerprint density at radius 2 is 1.90 bits per heavy atom. The van der Waals surface area contributed by atoms with Crippen molar-refractivity contribution in [2.75, 3.05) is 11.9 Å². The van der Waals surface area contributed by atoms with Gasteiger partial charge in [-0.15, -0.1) is 10.2 Å². The third-order valence-electron chi connectivity index (χ3n) is 5.58.